The molecular weight excluding hydrogens is 120 g/mol. The topological polar surface area (TPSA) is 40.5 Å². The van der Waals surface area contributed by atoms with E-state index >= 15 is 0 Å². The Balaban J connectivity index is 3.39. The lowest BCUT2D eigenvalue weighted by atomic mass is 10.0. The maximum absolute atomic E-state index is 8.55. The van der Waals surface area contributed by atoms with Crippen molar-refractivity contribution in [2.24, 2.45) is 5.41 Å². The molecule has 0 amide bonds. The SMILES string of the molecule is CC(C)(C)C[Si](O)O. The van der Waals surface area contributed by atoms with E-state index in [9.17, 15) is 0 Å². The van der Waals surface area contributed by atoms with Crippen molar-refractivity contribution in [2.75, 3.05) is 0 Å². The molecule has 2 N–H and O–H groups in total. The van der Waals surface area contributed by atoms with Crippen LogP contribution in [0.4, 0.5) is 0 Å². The van der Waals surface area contributed by atoms with Gasteiger partial charge in [0.15, 0.2) is 0 Å². The average Bonchev–Trinajstić information content (AvgIpc) is 1.21. The van der Waals surface area contributed by atoms with Crippen molar-refractivity contribution in [3.05, 3.63) is 0 Å². The highest BCUT2D eigenvalue weighted by Crippen LogP contribution is 2.19. The smallest absolute Gasteiger partial charge is 0.379 e. The zero-order chi connectivity index (χ0) is 6.78. The summed E-state index contributed by atoms with van der Waals surface area (Å²) in [5, 5.41) is 0. The van der Waals surface area contributed by atoms with Crippen molar-refractivity contribution in [3.63, 3.8) is 0 Å². The van der Waals surface area contributed by atoms with Gasteiger partial charge < -0.3 is 9.59 Å². The summed E-state index contributed by atoms with van der Waals surface area (Å²) in [6.07, 6.45) is 0. The summed E-state index contributed by atoms with van der Waals surface area (Å²) >= 11 is 0. The summed E-state index contributed by atoms with van der Waals surface area (Å²) in [5.74, 6) is 0. The minimum atomic E-state index is -1.99. The van der Waals surface area contributed by atoms with E-state index in [0.29, 0.717) is 6.04 Å². The molecule has 0 aromatic carbocycles. The van der Waals surface area contributed by atoms with Crippen LogP contribution in [0.3, 0.4) is 0 Å². The molecule has 8 heavy (non-hydrogen) atoms. The predicted molar refractivity (Wildman–Crippen MR) is 34.5 cm³/mol. The zero-order valence-electron chi connectivity index (χ0n) is 5.60. The lowest BCUT2D eigenvalue weighted by Gasteiger charge is -2.16. The van der Waals surface area contributed by atoms with Crippen LogP contribution in [0, 0.1) is 5.41 Å². The van der Waals surface area contributed by atoms with Crippen molar-refractivity contribution in [2.45, 2.75) is 26.8 Å². The first-order valence-electron chi connectivity index (χ1n) is 2.65. The Labute approximate surface area is 52.0 Å². The van der Waals surface area contributed by atoms with Gasteiger partial charge in [0.05, 0.1) is 0 Å². The van der Waals surface area contributed by atoms with Gasteiger partial charge in [0, 0.05) is 0 Å². The van der Waals surface area contributed by atoms with E-state index < -0.39 is 9.28 Å². The quantitative estimate of drug-likeness (QED) is 0.511. The molecule has 0 atom stereocenters. The van der Waals surface area contributed by atoms with Crippen LogP contribution in [0.2, 0.25) is 6.04 Å². The zero-order valence-corrected chi connectivity index (χ0v) is 6.60. The molecule has 0 saturated carbocycles. The van der Waals surface area contributed by atoms with Crippen LogP contribution in [0.1, 0.15) is 20.8 Å². The van der Waals surface area contributed by atoms with Crippen LogP contribution in [0.5, 0.6) is 0 Å². The van der Waals surface area contributed by atoms with Crippen molar-refractivity contribution < 1.29 is 9.59 Å². The fraction of sp³-hybridized carbons (Fsp3) is 1.00. The molecule has 0 fully saturated rings. The second-order valence-electron chi connectivity index (χ2n) is 3.15. The molecule has 0 bridgehead atoms. The molecule has 0 aromatic heterocycles. The Morgan fingerprint density at radius 2 is 1.62 bits per heavy atom. The van der Waals surface area contributed by atoms with Gasteiger partial charge in [-0.1, -0.05) is 20.8 Å². The Morgan fingerprint density at radius 3 is 1.62 bits per heavy atom. The maximum Gasteiger partial charge on any atom is 0.379 e. The largest absolute Gasteiger partial charge is 0.410 e. The normalized spacial score (nSPS) is 12.8. The summed E-state index contributed by atoms with van der Waals surface area (Å²) in [6, 6.07) is 0.539. The molecule has 3 heteroatoms. The van der Waals surface area contributed by atoms with E-state index in [4.69, 9.17) is 9.59 Å². The summed E-state index contributed by atoms with van der Waals surface area (Å²) in [6.45, 7) is 5.97. The van der Waals surface area contributed by atoms with Gasteiger partial charge in [-0.3, -0.25) is 0 Å². The highest BCUT2D eigenvalue weighted by Gasteiger charge is 2.17. The van der Waals surface area contributed by atoms with E-state index in [1.54, 1.807) is 0 Å². The van der Waals surface area contributed by atoms with Gasteiger partial charge in [-0.25, -0.2) is 0 Å². The molecular formula is C5H13O2Si. The molecule has 0 spiro atoms. The second-order valence-corrected chi connectivity index (χ2v) is 4.34. The molecule has 2 nitrogen and oxygen atoms in total. The third-order valence-corrected chi connectivity index (χ3v) is 2.07. The third kappa shape index (κ3) is 6.14. The Kier molecular flexibility index (Phi) is 2.66. The van der Waals surface area contributed by atoms with E-state index in [2.05, 4.69) is 0 Å². The van der Waals surface area contributed by atoms with Gasteiger partial charge in [0.1, 0.15) is 0 Å². The molecule has 0 aromatic rings. The minimum absolute atomic E-state index is 0.0673. The summed E-state index contributed by atoms with van der Waals surface area (Å²) < 4.78 is 0. The maximum atomic E-state index is 8.55. The fourth-order valence-corrected chi connectivity index (χ4v) is 1.42. The molecule has 49 valence electrons. The average molecular weight is 133 g/mol. The van der Waals surface area contributed by atoms with Crippen LogP contribution < -0.4 is 0 Å². The molecule has 0 rings (SSSR count). The lowest BCUT2D eigenvalue weighted by Crippen LogP contribution is -2.19. The predicted octanol–water partition coefficient (Wildman–Crippen LogP) is 0.505. The standard InChI is InChI=1S/C5H13O2Si/c1-5(2,3)4-8(6)7/h6-7H,4H2,1-3H3. The van der Waals surface area contributed by atoms with E-state index in [0.717, 1.165) is 0 Å². The molecule has 0 aliphatic carbocycles. The number of hydrogen-bond donors (Lipinski definition) is 2. The highest BCUT2D eigenvalue weighted by molar-refractivity contribution is 6.41. The molecule has 1 radical (unpaired) electrons. The van der Waals surface area contributed by atoms with Crippen LogP contribution >= 0.6 is 0 Å². The molecule has 0 heterocycles. The van der Waals surface area contributed by atoms with Crippen LogP contribution in [0.25, 0.3) is 0 Å². The van der Waals surface area contributed by atoms with Gasteiger partial charge >= 0.3 is 9.28 Å². The van der Waals surface area contributed by atoms with Gasteiger partial charge in [-0.15, -0.1) is 0 Å². The van der Waals surface area contributed by atoms with Gasteiger partial charge in [0.2, 0.25) is 0 Å². The van der Waals surface area contributed by atoms with Gasteiger partial charge in [-0.05, 0) is 11.5 Å². The first-order chi connectivity index (χ1) is 3.42. The minimum Gasteiger partial charge on any atom is -0.410 e. The Bertz CT molecular complexity index is 65.3. The van der Waals surface area contributed by atoms with Gasteiger partial charge in [-0.2, -0.15) is 0 Å². The summed E-state index contributed by atoms with van der Waals surface area (Å²) in [5.41, 5.74) is 0.0673. The van der Waals surface area contributed by atoms with E-state index in [1.807, 2.05) is 20.8 Å². The monoisotopic (exact) mass is 133 g/mol. The number of hydrogen-bond acceptors (Lipinski definition) is 2. The lowest BCUT2D eigenvalue weighted by molar-refractivity contribution is 0.356. The molecule has 0 aliphatic rings. The second kappa shape index (κ2) is 2.62. The molecule has 0 saturated heterocycles. The van der Waals surface area contributed by atoms with E-state index in [1.165, 1.54) is 0 Å². The Morgan fingerprint density at radius 1 is 1.25 bits per heavy atom. The van der Waals surface area contributed by atoms with Crippen molar-refractivity contribution >= 4 is 9.28 Å². The van der Waals surface area contributed by atoms with Crippen LogP contribution in [-0.4, -0.2) is 18.9 Å². The highest BCUT2D eigenvalue weighted by atomic mass is 28.3. The summed E-state index contributed by atoms with van der Waals surface area (Å²) in [7, 11) is -1.99. The summed E-state index contributed by atoms with van der Waals surface area (Å²) in [4.78, 5) is 17.1. The van der Waals surface area contributed by atoms with E-state index in [-0.39, 0.29) is 5.41 Å². The van der Waals surface area contributed by atoms with Crippen LogP contribution in [-0.2, 0) is 0 Å². The van der Waals surface area contributed by atoms with Crippen molar-refractivity contribution in [3.8, 4) is 0 Å². The first-order valence-corrected chi connectivity index (χ1v) is 4.26. The first kappa shape index (κ1) is 8.14. The van der Waals surface area contributed by atoms with Gasteiger partial charge in [0.25, 0.3) is 0 Å². The fourth-order valence-electron chi connectivity index (χ4n) is 0.474. The molecule has 0 unspecified atom stereocenters. The van der Waals surface area contributed by atoms with Crippen LogP contribution in [0.15, 0.2) is 0 Å². The van der Waals surface area contributed by atoms with Crippen molar-refractivity contribution in [1.82, 2.24) is 0 Å². The Hall–Kier alpha value is 0.137. The third-order valence-electron chi connectivity index (χ3n) is 0.688. The molecule has 0 aliphatic heterocycles. The van der Waals surface area contributed by atoms with Crippen molar-refractivity contribution in [1.29, 1.82) is 0 Å². The number of rotatable bonds is 1.